The third-order valence-electron chi connectivity index (χ3n) is 2.23. The second kappa shape index (κ2) is 4.09. The summed E-state index contributed by atoms with van der Waals surface area (Å²) >= 11 is 1.40. The van der Waals surface area contributed by atoms with Crippen LogP contribution in [0.1, 0.15) is 27.6 Å². The molecule has 4 nitrogen and oxygen atoms in total. The van der Waals surface area contributed by atoms with Gasteiger partial charge in [-0.3, -0.25) is 10.1 Å². The number of aromatic nitrogens is 1. The Labute approximate surface area is 97.3 Å². The molecule has 5 heteroatoms. The molecule has 0 aliphatic carbocycles. The lowest BCUT2D eigenvalue weighted by Gasteiger charge is -1.96. The van der Waals surface area contributed by atoms with Gasteiger partial charge in [0, 0.05) is 5.38 Å². The van der Waals surface area contributed by atoms with Crippen molar-refractivity contribution in [2.45, 2.75) is 20.8 Å². The molecule has 0 aromatic carbocycles. The number of nitrogens with one attached hydrogen (secondary N) is 1. The van der Waals surface area contributed by atoms with Crippen molar-refractivity contribution in [1.29, 1.82) is 0 Å². The Bertz CT molecular complexity index is 508. The second-order valence-corrected chi connectivity index (χ2v) is 4.46. The number of nitrogens with zero attached hydrogens (tertiary/aromatic N) is 1. The summed E-state index contributed by atoms with van der Waals surface area (Å²) in [5, 5.41) is 5.17. The number of thiazole rings is 1. The molecule has 16 heavy (non-hydrogen) atoms. The maximum Gasteiger partial charge on any atom is 0.293 e. The molecule has 0 unspecified atom stereocenters. The Hall–Kier alpha value is -1.62. The number of carbonyl (C=O) groups excluding carboxylic acids is 1. The fraction of sp³-hybridized carbons (Fsp3) is 0.273. The number of hydrogen-bond donors (Lipinski definition) is 1. The van der Waals surface area contributed by atoms with E-state index in [1.54, 1.807) is 6.07 Å². The molecule has 0 atom stereocenters. The fourth-order valence-corrected chi connectivity index (χ4v) is 1.94. The summed E-state index contributed by atoms with van der Waals surface area (Å²) in [7, 11) is 0. The zero-order chi connectivity index (χ0) is 11.7. The van der Waals surface area contributed by atoms with Gasteiger partial charge in [-0.15, -0.1) is 11.3 Å². The maximum absolute atomic E-state index is 11.8. The quantitative estimate of drug-likeness (QED) is 0.872. The van der Waals surface area contributed by atoms with Crippen LogP contribution in [-0.2, 0) is 0 Å². The molecule has 0 fully saturated rings. The van der Waals surface area contributed by atoms with Gasteiger partial charge >= 0.3 is 0 Å². The predicted octanol–water partition coefficient (Wildman–Crippen LogP) is 2.91. The first-order chi connectivity index (χ1) is 7.56. The van der Waals surface area contributed by atoms with Crippen molar-refractivity contribution in [2.75, 3.05) is 5.32 Å². The molecule has 0 saturated heterocycles. The Morgan fingerprint density at radius 3 is 2.69 bits per heavy atom. The van der Waals surface area contributed by atoms with Crippen LogP contribution in [0.3, 0.4) is 0 Å². The van der Waals surface area contributed by atoms with Crippen LogP contribution in [0.2, 0.25) is 0 Å². The average Bonchev–Trinajstić information content (AvgIpc) is 2.75. The number of rotatable bonds is 2. The number of anilines is 1. The molecule has 0 aliphatic heterocycles. The monoisotopic (exact) mass is 236 g/mol. The number of hydrogen-bond acceptors (Lipinski definition) is 4. The topological polar surface area (TPSA) is 55.1 Å². The van der Waals surface area contributed by atoms with Crippen LogP contribution in [0.5, 0.6) is 0 Å². The van der Waals surface area contributed by atoms with Crippen LogP contribution < -0.4 is 5.32 Å². The van der Waals surface area contributed by atoms with Gasteiger partial charge in [0.2, 0.25) is 0 Å². The zero-order valence-electron chi connectivity index (χ0n) is 9.33. The molecule has 1 amide bonds. The maximum atomic E-state index is 11.8. The van der Waals surface area contributed by atoms with Crippen LogP contribution in [0.15, 0.2) is 15.9 Å². The van der Waals surface area contributed by atoms with E-state index in [1.165, 1.54) is 11.3 Å². The largest absolute Gasteiger partial charge is 0.456 e. The van der Waals surface area contributed by atoms with Gasteiger partial charge in [0.05, 0.1) is 5.69 Å². The highest BCUT2D eigenvalue weighted by molar-refractivity contribution is 7.13. The Kier molecular flexibility index (Phi) is 2.78. The lowest BCUT2D eigenvalue weighted by Crippen LogP contribution is -2.10. The van der Waals surface area contributed by atoms with Crippen LogP contribution in [-0.4, -0.2) is 10.9 Å². The van der Waals surface area contributed by atoms with Crippen LogP contribution in [0.4, 0.5) is 5.13 Å². The minimum atomic E-state index is -0.259. The minimum Gasteiger partial charge on any atom is -0.456 e. The van der Waals surface area contributed by atoms with E-state index in [1.807, 2.05) is 26.2 Å². The molecular formula is C11H12N2O2S. The van der Waals surface area contributed by atoms with Gasteiger partial charge in [0.1, 0.15) is 5.76 Å². The summed E-state index contributed by atoms with van der Waals surface area (Å²) in [6.07, 6.45) is 0. The molecule has 2 aromatic heterocycles. The van der Waals surface area contributed by atoms with E-state index < -0.39 is 0 Å². The van der Waals surface area contributed by atoms with E-state index in [9.17, 15) is 4.79 Å². The van der Waals surface area contributed by atoms with Crippen molar-refractivity contribution in [1.82, 2.24) is 4.98 Å². The highest BCUT2D eigenvalue weighted by atomic mass is 32.1. The highest BCUT2D eigenvalue weighted by Crippen LogP contribution is 2.18. The van der Waals surface area contributed by atoms with Crippen LogP contribution >= 0.6 is 11.3 Å². The van der Waals surface area contributed by atoms with Gasteiger partial charge in [-0.1, -0.05) is 0 Å². The molecule has 0 radical (unpaired) electrons. The van der Waals surface area contributed by atoms with Crippen molar-refractivity contribution in [3.8, 4) is 0 Å². The minimum absolute atomic E-state index is 0.259. The van der Waals surface area contributed by atoms with Gasteiger partial charge in [-0.05, 0) is 32.4 Å². The van der Waals surface area contributed by atoms with Crippen molar-refractivity contribution in [2.24, 2.45) is 0 Å². The molecular weight excluding hydrogens is 224 g/mol. The summed E-state index contributed by atoms with van der Waals surface area (Å²) in [5.74, 6) is 0.828. The van der Waals surface area contributed by atoms with Crippen molar-refractivity contribution in [3.05, 3.63) is 34.2 Å². The third-order valence-corrected chi connectivity index (χ3v) is 3.10. The number of aryl methyl sites for hydroxylation is 3. The Morgan fingerprint density at radius 1 is 1.44 bits per heavy atom. The second-order valence-electron chi connectivity index (χ2n) is 3.60. The molecule has 2 aromatic rings. The van der Waals surface area contributed by atoms with Crippen LogP contribution in [0.25, 0.3) is 0 Å². The zero-order valence-corrected chi connectivity index (χ0v) is 10.1. The molecule has 2 rings (SSSR count). The molecule has 0 saturated carbocycles. The standard InChI is InChI=1S/C11H12N2O2S/c1-6-4-9(15-8(6)3)10(14)13-11-12-7(2)5-16-11/h4-5H,1-3H3,(H,12,13,14). The normalized spacial score (nSPS) is 10.4. The fourth-order valence-electron chi connectivity index (χ4n) is 1.26. The molecule has 0 aliphatic rings. The number of furan rings is 1. The van der Waals surface area contributed by atoms with E-state index in [0.717, 1.165) is 17.0 Å². The smallest absolute Gasteiger partial charge is 0.293 e. The van der Waals surface area contributed by atoms with Crippen molar-refractivity contribution < 1.29 is 9.21 Å². The van der Waals surface area contributed by atoms with Gasteiger partial charge < -0.3 is 4.42 Å². The molecule has 0 bridgehead atoms. The number of carbonyl (C=O) groups is 1. The summed E-state index contributed by atoms with van der Waals surface area (Å²) in [6.45, 7) is 5.62. The summed E-state index contributed by atoms with van der Waals surface area (Å²) < 4.78 is 5.32. The van der Waals surface area contributed by atoms with Crippen molar-refractivity contribution in [3.63, 3.8) is 0 Å². The molecule has 84 valence electrons. The van der Waals surface area contributed by atoms with Gasteiger partial charge in [-0.2, -0.15) is 0 Å². The van der Waals surface area contributed by atoms with E-state index in [2.05, 4.69) is 10.3 Å². The molecule has 2 heterocycles. The van der Waals surface area contributed by atoms with Gasteiger partial charge in [0.15, 0.2) is 10.9 Å². The van der Waals surface area contributed by atoms with E-state index >= 15 is 0 Å². The van der Waals surface area contributed by atoms with E-state index in [0.29, 0.717) is 10.9 Å². The number of amides is 1. The van der Waals surface area contributed by atoms with Crippen molar-refractivity contribution >= 4 is 22.4 Å². The summed E-state index contributed by atoms with van der Waals surface area (Å²) in [6, 6.07) is 1.73. The Balaban J connectivity index is 2.14. The van der Waals surface area contributed by atoms with Gasteiger partial charge in [0.25, 0.3) is 5.91 Å². The summed E-state index contributed by atoms with van der Waals surface area (Å²) in [5.41, 5.74) is 1.87. The van der Waals surface area contributed by atoms with E-state index in [4.69, 9.17) is 4.42 Å². The molecule has 0 spiro atoms. The average molecular weight is 236 g/mol. The lowest BCUT2D eigenvalue weighted by molar-refractivity contribution is 0.0995. The van der Waals surface area contributed by atoms with Gasteiger partial charge in [-0.25, -0.2) is 4.98 Å². The van der Waals surface area contributed by atoms with E-state index in [-0.39, 0.29) is 5.91 Å². The summed E-state index contributed by atoms with van der Waals surface area (Å²) in [4.78, 5) is 15.9. The Morgan fingerprint density at radius 2 is 2.19 bits per heavy atom. The first-order valence-electron chi connectivity index (χ1n) is 4.87. The first-order valence-corrected chi connectivity index (χ1v) is 5.75. The SMILES string of the molecule is Cc1csc(NC(=O)c2cc(C)c(C)o2)n1. The highest BCUT2D eigenvalue weighted by Gasteiger charge is 2.13. The third kappa shape index (κ3) is 2.14. The predicted molar refractivity (Wildman–Crippen MR) is 63.0 cm³/mol. The molecule has 1 N–H and O–H groups in total. The lowest BCUT2D eigenvalue weighted by atomic mass is 10.3. The van der Waals surface area contributed by atoms with Crippen LogP contribution in [0, 0.1) is 20.8 Å². The first kappa shape index (κ1) is 10.9.